The van der Waals surface area contributed by atoms with E-state index in [9.17, 15) is 14.9 Å². The lowest BCUT2D eigenvalue weighted by molar-refractivity contribution is -0.384. The zero-order chi connectivity index (χ0) is 14.7. The lowest BCUT2D eigenvalue weighted by Gasteiger charge is -2.15. The van der Waals surface area contributed by atoms with E-state index < -0.39 is 4.92 Å². The van der Waals surface area contributed by atoms with Crippen molar-refractivity contribution in [2.24, 2.45) is 0 Å². The Balaban J connectivity index is 2.17. The van der Waals surface area contributed by atoms with Crippen LogP contribution >= 0.6 is 0 Å². The topological polar surface area (TPSA) is 87.5 Å². The monoisotopic (exact) mass is 278 g/mol. The van der Waals surface area contributed by atoms with E-state index in [-0.39, 0.29) is 18.0 Å². The van der Waals surface area contributed by atoms with Crippen molar-refractivity contribution in [1.29, 1.82) is 0 Å². The molecule has 0 saturated carbocycles. The summed E-state index contributed by atoms with van der Waals surface area (Å²) in [6.07, 6.45) is 0.203. The number of nitro benzene ring substituents is 1. The molecule has 1 aromatic rings. The Kier molecular flexibility index (Phi) is 4.19. The van der Waals surface area contributed by atoms with Crippen molar-refractivity contribution in [1.82, 2.24) is 4.90 Å². The van der Waals surface area contributed by atoms with Gasteiger partial charge in [-0.2, -0.15) is 0 Å². The van der Waals surface area contributed by atoms with Crippen molar-refractivity contribution >= 4 is 23.0 Å². The molecule has 7 nitrogen and oxygen atoms in total. The number of hydrogen-bond acceptors (Lipinski definition) is 5. The Bertz CT molecular complexity index is 545. The molecule has 0 saturated heterocycles. The fourth-order valence-corrected chi connectivity index (χ4v) is 2.09. The van der Waals surface area contributed by atoms with Gasteiger partial charge in [-0.3, -0.25) is 14.9 Å². The number of amides is 1. The molecule has 0 aliphatic carbocycles. The average molecular weight is 278 g/mol. The van der Waals surface area contributed by atoms with Crippen LogP contribution in [0.5, 0.6) is 0 Å². The van der Waals surface area contributed by atoms with Gasteiger partial charge in [0, 0.05) is 24.8 Å². The van der Waals surface area contributed by atoms with E-state index in [1.165, 1.54) is 6.07 Å². The smallest absolute Gasteiger partial charge is 0.292 e. The second-order valence-corrected chi connectivity index (χ2v) is 4.83. The minimum atomic E-state index is -0.422. The number of anilines is 2. The maximum atomic E-state index is 11.3. The zero-order valence-corrected chi connectivity index (χ0v) is 11.6. The molecular formula is C13H18N4O3. The van der Waals surface area contributed by atoms with Crippen LogP contribution in [0, 0.1) is 10.1 Å². The van der Waals surface area contributed by atoms with Crippen molar-refractivity contribution in [2.75, 3.05) is 37.3 Å². The number of nitrogens with one attached hydrogen (secondary N) is 2. The Morgan fingerprint density at radius 1 is 1.50 bits per heavy atom. The number of hydrogen-bond donors (Lipinski definition) is 2. The van der Waals surface area contributed by atoms with Gasteiger partial charge < -0.3 is 15.5 Å². The summed E-state index contributed by atoms with van der Waals surface area (Å²) in [7, 11) is 1.99. The van der Waals surface area contributed by atoms with Crippen molar-refractivity contribution in [2.45, 2.75) is 13.3 Å². The van der Waals surface area contributed by atoms with Gasteiger partial charge in [-0.25, -0.2) is 0 Å². The molecule has 7 heteroatoms. The first kappa shape index (κ1) is 14.3. The maximum Gasteiger partial charge on any atom is 0.292 e. The fourth-order valence-electron chi connectivity index (χ4n) is 2.09. The molecule has 0 radical (unpaired) electrons. The fraction of sp³-hybridized carbons (Fsp3) is 0.462. The van der Waals surface area contributed by atoms with Crippen LogP contribution in [0.15, 0.2) is 12.1 Å². The third-order valence-corrected chi connectivity index (χ3v) is 3.39. The molecule has 20 heavy (non-hydrogen) atoms. The highest BCUT2D eigenvalue weighted by Crippen LogP contribution is 2.34. The minimum absolute atomic E-state index is 0.0133. The second-order valence-electron chi connectivity index (χ2n) is 4.83. The first-order valence-electron chi connectivity index (χ1n) is 6.55. The van der Waals surface area contributed by atoms with Crippen molar-refractivity contribution in [3.05, 3.63) is 27.8 Å². The third kappa shape index (κ3) is 3.05. The van der Waals surface area contributed by atoms with E-state index in [0.29, 0.717) is 23.5 Å². The van der Waals surface area contributed by atoms with E-state index >= 15 is 0 Å². The summed E-state index contributed by atoms with van der Waals surface area (Å²) in [5.41, 5.74) is 1.80. The number of rotatable bonds is 6. The first-order valence-corrected chi connectivity index (χ1v) is 6.55. The summed E-state index contributed by atoms with van der Waals surface area (Å²) in [5.74, 6) is -0.128. The van der Waals surface area contributed by atoms with Gasteiger partial charge in [0.25, 0.3) is 5.69 Å². The Hall–Kier alpha value is -2.15. The molecule has 1 aromatic carbocycles. The molecule has 0 unspecified atom stereocenters. The first-order chi connectivity index (χ1) is 9.51. The Labute approximate surface area is 117 Å². The van der Waals surface area contributed by atoms with Gasteiger partial charge in [-0.1, -0.05) is 6.92 Å². The highest BCUT2D eigenvalue weighted by atomic mass is 16.6. The summed E-state index contributed by atoms with van der Waals surface area (Å²) >= 11 is 0. The predicted octanol–water partition coefficient (Wildman–Crippen LogP) is 1.45. The normalized spacial score (nSPS) is 13.2. The molecule has 1 amide bonds. The minimum Gasteiger partial charge on any atom is -0.378 e. The molecule has 2 rings (SSSR count). The molecule has 0 fully saturated rings. The van der Waals surface area contributed by atoms with Gasteiger partial charge in [0.15, 0.2) is 0 Å². The Morgan fingerprint density at radius 3 is 2.90 bits per heavy atom. The van der Waals surface area contributed by atoms with Crippen molar-refractivity contribution < 1.29 is 9.72 Å². The largest absolute Gasteiger partial charge is 0.378 e. The predicted molar refractivity (Wildman–Crippen MR) is 77.1 cm³/mol. The van der Waals surface area contributed by atoms with Gasteiger partial charge >= 0.3 is 0 Å². The van der Waals surface area contributed by atoms with Gasteiger partial charge in [-0.15, -0.1) is 0 Å². The molecule has 1 heterocycles. The van der Waals surface area contributed by atoms with E-state index in [2.05, 4.69) is 15.5 Å². The number of benzene rings is 1. The van der Waals surface area contributed by atoms with Crippen LogP contribution in [0.2, 0.25) is 0 Å². The molecule has 0 atom stereocenters. The van der Waals surface area contributed by atoms with Gasteiger partial charge in [0.05, 0.1) is 11.3 Å². The van der Waals surface area contributed by atoms with Crippen molar-refractivity contribution in [3.63, 3.8) is 0 Å². The molecule has 1 aliphatic rings. The molecule has 0 bridgehead atoms. The number of likely N-dealkylation sites (N-methyl/N-ethyl adjacent to an activating group) is 1. The number of nitro groups is 1. The highest BCUT2D eigenvalue weighted by Gasteiger charge is 2.24. The molecule has 0 spiro atoms. The molecular weight excluding hydrogens is 260 g/mol. The van der Waals surface area contributed by atoms with Crippen LogP contribution in [0.3, 0.4) is 0 Å². The van der Waals surface area contributed by atoms with Crippen LogP contribution in [0.4, 0.5) is 17.1 Å². The number of nitrogens with zero attached hydrogens (tertiary/aromatic N) is 2. The quantitative estimate of drug-likeness (QED) is 0.607. The average Bonchev–Trinajstić information content (AvgIpc) is 2.76. The lowest BCUT2D eigenvalue weighted by atomic mass is 10.1. The number of carbonyl (C=O) groups is 1. The standard InChI is InChI=1S/C13H18N4O3/c1-3-16(2)5-4-14-11-8-10-9(7-13(18)15-10)6-12(11)17(19)20/h6,8,14H,3-5,7H2,1-2H3,(H,15,18). The van der Waals surface area contributed by atoms with Crippen LogP contribution in [0.25, 0.3) is 0 Å². The lowest BCUT2D eigenvalue weighted by Crippen LogP contribution is -2.24. The SMILES string of the molecule is CCN(C)CCNc1cc2c(cc1[N+](=O)[O-])CC(=O)N2. The molecule has 2 N–H and O–H groups in total. The Morgan fingerprint density at radius 2 is 2.25 bits per heavy atom. The summed E-state index contributed by atoms with van der Waals surface area (Å²) in [4.78, 5) is 24.1. The van der Waals surface area contributed by atoms with Crippen LogP contribution in [-0.2, 0) is 11.2 Å². The highest BCUT2D eigenvalue weighted by molar-refractivity contribution is 6.00. The second kappa shape index (κ2) is 5.87. The van der Waals surface area contributed by atoms with Crippen LogP contribution in [-0.4, -0.2) is 42.4 Å². The van der Waals surface area contributed by atoms with Crippen LogP contribution < -0.4 is 10.6 Å². The third-order valence-electron chi connectivity index (χ3n) is 3.39. The molecule has 0 aromatic heterocycles. The molecule has 1 aliphatic heterocycles. The van der Waals surface area contributed by atoms with Gasteiger partial charge in [0.1, 0.15) is 5.69 Å². The van der Waals surface area contributed by atoms with E-state index in [0.717, 1.165) is 13.1 Å². The van der Waals surface area contributed by atoms with E-state index in [4.69, 9.17) is 0 Å². The summed E-state index contributed by atoms with van der Waals surface area (Å²) in [6.45, 7) is 4.37. The summed E-state index contributed by atoms with van der Waals surface area (Å²) in [6, 6.07) is 3.11. The van der Waals surface area contributed by atoms with Gasteiger partial charge in [-0.05, 0) is 25.2 Å². The van der Waals surface area contributed by atoms with Crippen molar-refractivity contribution in [3.8, 4) is 0 Å². The molecule has 108 valence electrons. The zero-order valence-electron chi connectivity index (χ0n) is 11.6. The van der Waals surface area contributed by atoms with Crippen LogP contribution in [0.1, 0.15) is 12.5 Å². The summed E-state index contributed by atoms with van der Waals surface area (Å²) < 4.78 is 0. The van der Waals surface area contributed by atoms with Gasteiger partial charge in [0.2, 0.25) is 5.91 Å². The van der Waals surface area contributed by atoms with E-state index in [1.54, 1.807) is 6.07 Å². The summed E-state index contributed by atoms with van der Waals surface area (Å²) in [5, 5.41) is 16.9. The number of fused-ring (bicyclic) bond motifs is 1. The van der Waals surface area contributed by atoms with E-state index in [1.807, 2.05) is 14.0 Å². The number of carbonyl (C=O) groups excluding carboxylic acids is 1. The maximum absolute atomic E-state index is 11.3.